The van der Waals surface area contributed by atoms with Crippen molar-refractivity contribution in [3.05, 3.63) is 46.3 Å². The molecule has 0 saturated heterocycles. The number of nitrogens with one attached hydrogen (secondary N) is 1. The maximum absolute atomic E-state index is 11.3. The Morgan fingerprint density at radius 2 is 2.15 bits per heavy atom. The first-order valence-corrected chi connectivity index (χ1v) is 6.25. The minimum absolute atomic E-state index is 0.0910. The van der Waals surface area contributed by atoms with Crippen LogP contribution in [-0.2, 0) is 6.42 Å². The largest absolute Gasteiger partial charge is 0.367 e. The number of fused-ring (bicyclic) bond motifs is 1. The van der Waals surface area contributed by atoms with Gasteiger partial charge in [-0.2, -0.15) is 0 Å². The molecule has 0 bridgehead atoms. The summed E-state index contributed by atoms with van der Waals surface area (Å²) in [5.74, 6) is 0.559. The van der Waals surface area contributed by atoms with Crippen LogP contribution in [0.1, 0.15) is 5.56 Å². The van der Waals surface area contributed by atoms with Gasteiger partial charge in [0.25, 0.3) is 0 Å². The molecular formula is C13H13N5O2. The molecule has 0 radical (unpaired) electrons. The van der Waals surface area contributed by atoms with E-state index in [2.05, 4.69) is 15.3 Å². The molecule has 7 heteroatoms. The highest BCUT2D eigenvalue weighted by Gasteiger charge is 2.30. The van der Waals surface area contributed by atoms with Crippen molar-refractivity contribution in [1.29, 1.82) is 0 Å². The highest BCUT2D eigenvalue weighted by Crippen LogP contribution is 2.39. The SMILES string of the molecule is CNc1ncnc(N2CCc3ccccc32)c1[N+](=O)[O-]. The molecule has 0 saturated carbocycles. The zero-order valence-electron chi connectivity index (χ0n) is 10.9. The van der Waals surface area contributed by atoms with Crippen LogP contribution in [0.3, 0.4) is 0 Å². The van der Waals surface area contributed by atoms with Gasteiger partial charge in [-0.3, -0.25) is 10.1 Å². The van der Waals surface area contributed by atoms with Crippen LogP contribution in [0.5, 0.6) is 0 Å². The summed E-state index contributed by atoms with van der Waals surface area (Å²) >= 11 is 0. The lowest BCUT2D eigenvalue weighted by Crippen LogP contribution is -2.17. The monoisotopic (exact) mass is 271 g/mol. The maximum atomic E-state index is 11.3. The first-order valence-electron chi connectivity index (χ1n) is 6.25. The number of anilines is 3. The fraction of sp³-hybridized carbons (Fsp3) is 0.231. The van der Waals surface area contributed by atoms with Gasteiger partial charge in [-0.25, -0.2) is 9.97 Å². The summed E-state index contributed by atoms with van der Waals surface area (Å²) in [6.45, 7) is 0.681. The fourth-order valence-corrected chi connectivity index (χ4v) is 2.48. The van der Waals surface area contributed by atoms with Crippen LogP contribution < -0.4 is 10.2 Å². The summed E-state index contributed by atoms with van der Waals surface area (Å²) in [6, 6.07) is 7.87. The average molecular weight is 271 g/mol. The normalized spacial score (nSPS) is 13.2. The van der Waals surface area contributed by atoms with E-state index in [1.807, 2.05) is 29.2 Å². The lowest BCUT2D eigenvalue weighted by atomic mass is 10.2. The smallest absolute Gasteiger partial charge is 0.353 e. The predicted octanol–water partition coefficient (Wildman–Crippen LogP) is 2.12. The van der Waals surface area contributed by atoms with E-state index in [-0.39, 0.29) is 11.5 Å². The number of nitro groups is 1. The van der Waals surface area contributed by atoms with Crippen molar-refractivity contribution >= 4 is 23.0 Å². The van der Waals surface area contributed by atoms with Crippen LogP contribution in [0.25, 0.3) is 0 Å². The first-order chi connectivity index (χ1) is 9.72. The third-order valence-corrected chi connectivity index (χ3v) is 3.37. The van der Waals surface area contributed by atoms with E-state index in [9.17, 15) is 10.1 Å². The summed E-state index contributed by atoms with van der Waals surface area (Å²) in [6.07, 6.45) is 2.20. The lowest BCUT2D eigenvalue weighted by molar-refractivity contribution is -0.383. The zero-order valence-corrected chi connectivity index (χ0v) is 10.9. The Bertz CT molecular complexity index is 674. The van der Waals surface area contributed by atoms with Gasteiger partial charge in [0.05, 0.1) is 4.92 Å². The van der Waals surface area contributed by atoms with Crippen LogP contribution in [0, 0.1) is 10.1 Å². The molecule has 0 unspecified atom stereocenters. The molecule has 102 valence electrons. The Morgan fingerprint density at radius 3 is 2.90 bits per heavy atom. The fourth-order valence-electron chi connectivity index (χ4n) is 2.48. The van der Waals surface area contributed by atoms with Crippen molar-refractivity contribution in [3.8, 4) is 0 Å². The predicted molar refractivity (Wildman–Crippen MR) is 75.4 cm³/mol. The summed E-state index contributed by atoms with van der Waals surface area (Å²) in [5.41, 5.74) is 2.05. The highest BCUT2D eigenvalue weighted by atomic mass is 16.6. The Labute approximate surface area is 115 Å². The number of aromatic nitrogens is 2. The van der Waals surface area contributed by atoms with Crippen molar-refractivity contribution in [1.82, 2.24) is 9.97 Å². The van der Waals surface area contributed by atoms with Crippen molar-refractivity contribution in [3.63, 3.8) is 0 Å². The van der Waals surface area contributed by atoms with Gasteiger partial charge < -0.3 is 10.2 Å². The van der Waals surface area contributed by atoms with Crippen molar-refractivity contribution in [2.24, 2.45) is 0 Å². The number of nitrogens with zero attached hydrogens (tertiary/aromatic N) is 4. The number of benzene rings is 1. The molecule has 0 fully saturated rings. The molecule has 2 heterocycles. The Kier molecular flexibility index (Phi) is 2.94. The van der Waals surface area contributed by atoms with E-state index in [1.54, 1.807) is 7.05 Å². The van der Waals surface area contributed by atoms with Crippen molar-refractivity contribution in [2.45, 2.75) is 6.42 Å². The second-order valence-corrected chi connectivity index (χ2v) is 4.43. The van der Waals surface area contributed by atoms with Crippen molar-refractivity contribution < 1.29 is 4.92 Å². The molecule has 1 aromatic carbocycles. The van der Waals surface area contributed by atoms with Gasteiger partial charge in [0, 0.05) is 19.3 Å². The number of para-hydroxylation sites is 1. The molecule has 0 atom stereocenters. The van der Waals surface area contributed by atoms with Crippen LogP contribution in [-0.4, -0.2) is 28.5 Å². The van der Waals surface area contributed by atoms with E-state index in [0.717, 1.165) is 12.1 Å². The standard InChI is InChI=1S/C13H13N5O2/c1-14-12-11(18(19)20)13(16-8-15-12)17-7-6-9-4-2-3-5-10(9)17/h2-5,8H,6-7H2,1H3,(H,14,15,16). The molecule has 2 aromatic rings. The quantitative estimate of drug-likeness (QED) is 0.680. The molecule has 1 N–H and O–H groups in total. The van der Waals surface area contributed by atoms with Crippen LogP contribution in [0.15, 0.2) is 30.6 Å². The second-order valence-electron chi connectivity index (χ2n) is 4.43. The minimum Gasteiger partial charge on any atom is -0.367 e. The highest BCUT2D eigenvalue weighted by molar-refractivity contribution is 5.78. The summed E-state index contributed by atoms with van der Waals surface area (Å²) < 4.78 is 0. The molecule has 7 nitrogen and oxygen atoms in total. The third kappa shape index (κ3) is 1.83. The number of hydrogen-bond donors (Lipinski definition) is 1. The van der Waals surface area contributed by atoms with Gasteiger partial charge in [-0.1, -0.05) is 18.2 Å². The molecular weight excluding hydrogens is 258 g/mol. The first kappa shape index (κ1) is 12.3. The molecule has 0 aliphatic carbocycles. The summed E-state index contributed by atoms with van der Waals surface area (Å²) in [5, 5.41) is 14.1. The molecule has 1 aromatic heterocycles. The van der Waals surface area contributed by atoms with Crippen molar-refractivity contribution in [2.75, 3.05) is 23.8 Å². The van der Waals surface area contributed by atoms with Crippen LogP contribution >= 0.6 is 0 Å². The van der Waals surface area contributed by atoms with E-state index in [1.165, 1.54) is 11.9 Å². The minimum atomic E-state index is -0.442. The Hall–Kier alpha value is -2.70. The van der Waals surface area contributed by atoms with Gasteiger partial charge in [-0.15, -0.1) is 0 Å². The Balaban J connectivity index is 2.15. The lowest BCUT2D eigenvalue weighted by Gasteiger charge is -2.18. The topological polar surface area (TPSA) is 84.2 Å². The number of hydrogen-bond acceptors (Lipinski definition) is 6. The van der Waals surface area contributed by atoms with Gasteiger partial charge in [-0.05, 0) is 18.1 Å². The molecule has 1 aliphatic rings. The van der Waals surface area contributed by atoms with E-state index < -0.39 is 4.92 Å². The molecule has 20 heavy (non-hydrogen) atoms. The van der Waals surface area contributed by atoms with E-state index in [0.29, 0.717) is 12.4 Å². The van der Waals surface area contributed by atoms with E-state index in [4.69, 9.17) is 0 Å². The van der Waals surface area contributed by atoms with Gasteiger partial charge >= 0.3 is 5.69 Å². The molecule has 1 aliphatic heterocycles. The second kappa shape index (κ2) is 4.76. The summed E-state index contributed by atoms with van der Waals surface area (Å²) in [7, 11) is 1.61. The van der Waals surface area contributed by atoms with Gasteiger partial charge in [0.1, 0.15) is 6.33 Å². The van der Waals surface area contributed by atoms with Crippen LogP contribution in [0.2, 0.25) is 0 Å². The van der Waals surface area contributed by atoms with E-state index >= 15 is 0 Å². The Morgan fingerprint density at radius 1 is 1.35 bits per heavy atom. The molecule has 0 amide bonds. The maximum Gasteiger partial charge on any atom is 0.353 e. The number of rotatable bonds is 3. The summed E-state index contributed by atoms with van der Waals surface area (Å²) in [4.78, 5) is 20.8. The average Bonchev–Trinajstić information content (AvgIpc) is 2.90. The van der Waals surface area contributed by atoms with Gasteiger partial charge in [0.15, 0.2) is 0 Å². The third-order valence-electron chi connectivity index (χ3n) is 3.37. The van der Waals surface area contributed by atoms with Crippen LogP contribution in [0.4, 0.5) is 23.0 Å². The van der Waals surface area contributed by atoms with Gasteiger partial charge in [0.2, 0.25) is 11.6 Å². The molecule has 0 spiro atoms. The zero-order chi connectivity index (χ0) is 14.1. The molecule has 3 rings (SSSR count).